The zero-order chi connectivity index (χ0) is 36.6. The molecule has 254 valence electrons. The molecule has 0 heterocycles. The molecule has 0 bridgehead atoms. The van der Waals surface area contributed by atoms with Gasteiger partial charge in [-0.2, -0.15) is 5.26 Å². The summed E-state index contributed by atoms with van der Waals surface area (Å²) in [6.45, 7) is 0. The van der Waals surface area contributed by atoms with Crippen molar-refractivity contribution in [3.63, 3.8) is 0 Å². The maximum absolute atomic E-state index is 10.1. The largest absolute Gasteiger partial charge is 0.192 e. The molecule has 12 aromatic rings. The Hall–Kier alpha value is -7.53. The van der Waals surface area contributed by atoms with Gasteiger partial charge >= 0.3 is 0 Å². The predicted molar refractivity (Wildman–Crippen MR) is 238 cm³/mol. The van der Waals surface area contributed by atoms with Crippen molar-refractivity contribution in [1.82, 2.24) is 0 Å². The highest BCUT2D eigenvalue weighted by atomic mass is 14.3. The molecule has 1 heteroatoms. The van der Waals surface area contributed by atoms with Crippen molar-refractivity contribution in [2.24, 2.45) is 0 Å². The van der Waals surface area contributed by atoms with Crippen LogP contribution in [0.2, 0.25) is 0 Å². The summed E-state index contributed by atoms with van der Waals surface area (Å²) in [5, 5.41) is 30.2. The third-order valence-electron chi connectivity index (χ3n) is 12.7. The van der Waals surface area contributed by atoms with E-state index < -0.39 is 0 Å². The van der Waals surface area contributed by atoms with E-state index in [2.05, 4.69) is 176 Å². The molecule has 0 amide bonds. The summed E-state index contributed by atoms with van der Waals surface area (Å²) >= 11 is 0. The third kappa shape index (κ3) is 3.73. The number of benzene rings is 12. The van der Waals surface area contributed by atoms with Crippen LogP contribution in [0.5, 0.6) is 0 Å². The Kier molecular flexibility index (Phi) is 5.76. The van der Waals surface area contributed by atoms with Crippen LogP contribution in [-0.2, 0) is 0 Å². The van der Waals surface area contributed by atoms with E-state index in [1.54, 1.807) is 0 Å². The first-order valence-corrected chi connectivity index (χ1v) is 19.3. The van der Waals surface area contributed by atoms with Crippen molar-refractivity contribution in [1.29, 1.82) is 5.26 Å². The van der Waals surface area contributed by atoms with Crippen LogP contribution in [0, 0.1) is 11.3 Å². The molecule has 0 atom stereocenters. The summed E-state index contributed by atoms with van der Waals surface area (Å²) in [7, 11) is 0. The highest BCUT2D eigenvalue weighted by molar-refractivity contribution is 6.40. The smallest absolute Gasteiger partial charge is 0.0991 e. The minimum absolute atomic E-state index is 0.668. The Morgan fingerprint density at radius 2 is 0.750 bits per heavy atom. The van der Waals surface area contributed by atoms with Crippen LogP contribution in [0.1, 0.15) is 5.56 Å². The van der Waals surface area contributed by atoms with Crippen LogP contribution in [0.15, 0.2) is 176 Å². The molecule has 13 rings (SSSR count). The summed E-state index contributed by atoms with van der Waals surface area (Å²) < 4.78 is 0. The summed E-state index contributed by atoms with van der Waals surface area (Å²) in [6.07, 6.45) is 0. The molecule has 0 saturated carbocycles. The van der Waals surface area contributed by atoms with Gasteiger partial charge in [-0.05, 0) is 155 Å². The molecule has 1 aliphatic rings. The van der Waals surface area contributed by atoms with Gasteiger partial charge in [0.05, 0.1) is 11.6 Å². The average molecular weight is 704 g/mol. The van der Waals surface area contributed by atoms with E-state index in [4.69, 9.17) is 0 Å². The summed E-state index contributed by atoms with van der Waals surface area (Å²) in [5.74, 6) is 0. The molecule has 56 heavy (non-hydrogen) atoms. The molecule has 0 saturated heterocycles. The van der Waals surface area contributed by atoms with Gasteiger partial charge < -0.3 is 0 Å². The molecule has 0 unspecified atom stereocenters. The zero-order valence-electron chi connectivity index (χ0n) is 30.2. The lowest BCUT2D eigenvalue weighted by atomic mass is 9.80. The van der Waals surface area contributed by atoms with E-state index in [0.717, 1.165) is 16.2 Å². The second kappa shape index (κ2) is 10.8. The third-order valence-corrected chi connectivity index (χ3v) is 12.7. The molecule has 12 aromatic carbocycles. The molecular weight excluding hydrogens is 675 g/mol. The summed E-state index contributed by atoms with van der Waals surface area (Å²) in [5.41, 5.74) is 10.7. The fourth-order valence-electron chi connectivity index (χ4n) is 10.5. The molecule has 1 nitrogen and oxygen atoms in total. The maximum Gasteiger partial charge on any atom is 0.0991 e. The zero-order valence-corrected chi connectivity index (χ0v) is 30.2. The minimum atomic E-state index is 0.668. The first kappa shape index (κ1) is 29.9. The number of nitrogens with zero attached hydrogens (tertiary/aromatic N) is 1. The average Bonchev–Trinajstić information content (AvgIpc) is 3.58. The van der Waals surface area contributed by atoms with Gasteiger partial charge in [0.2, 0.25) is 0 Å². The number of hydrogen-bond acceptors (Lipinski definition) is 1. The number of hydrogen-bond donors (Lipinski definition) is 0. The van der Waals surface area contributed by atoms with Crippen molar-refractivity contribution >= 4 is 86.2 Å². The van der Waals surface area contributed by atoms with Gasteiger partial charge in [0.1, 0.15) is 0 Å². The Morgan fingerprint density at radius 3 is 1.32 bits per heavy atom. The second-order valence-electron chi connectivity index (χ2n) is 15.4. The molecule has 0 fully saturated rings. The number of nitriles is 1. The van der Waals surface area contributed by atoms with E-state index in [0.29, 0.717) is 5.56 Å². The van der Waals surface area contributed by atoms with Crippen molar-refractivity contribution in [3.8, 4) is 50.6 Å². The fourth-order valence-corrected chi connectivity index (χ4v) is 10.5. The van der Waals surface area contributed by atoms with E-state index >= 15 is 0 Å². The lowest BCUT2D eigenvalue weighted by Gasteiger charge is -2.22. The molecular formula is C55H29N. The van der Waals surface area contributed by atoms with Crippen LogP contribution in [-0.4, -0.2) is 0 Å². The summed E-state index contributed by atoms with van der Waals surface area (Å²) in [6, 6.07) is 67.3. The molecule has 0 N–H and O–H groups in total. The van der Waals surface area contributed by atoms with Crippen LogP contribution in [0.3, 0.4) is 0 Å². The van der Waals surface area contributed by atoms with E-state index in [9.17, 15) is 5.26 Å². The Labute approximate surface area is 322 Å². The minimum Gasteiger partial charge on any atom is -0.192 e. The first-order valence-electron chi connectivity index (χ1n) is 19.3. The lowest BCUT2D eigenvalue weighted by Crippen LogP contribution is -1.95. The highest BCUT2D eigenvalue weighted by Crippen LogP contribution is 2.56. The lowest BCUT2D eigenvalue weighted by molar-refractivity contribution is 1.50. The van der Waals surface area contributed by atoms with Crippen LogP contribution in [0.25, 0.3) is 131 Å². The Bertz CT molecular complexity index is 3690. The second-order valence-corrected chi connectivity index (χ2v) is 15.4. The van der Waals surface area contributed by atoms with Gasteiger partial charge in [-0.3, -0.25) is 0 Å². The molecule has 0 aliphatic heterocycles. The van der Waals surface area contributed by atoms with Crippen molar-refractivity contribution < 1.29 is 0 Å². The molecule has 0 aromatic heterocycles. The van der Waals surface area contributed by atoms with Crippen molar-refractivity contribution in [3.05, 3.63) is 181 Å². The number of fused-ring (bicyclic) bond motifs is 12. The standard InChI is InChI=1S/C55H29N/c56-30-31-21-22-43-44(27-31)35-17-7-8-18-36(35)54-50(33-11-3-1-4-12-33)47-28-45-41-25-23-39-37-19-9-15-32-16-10-20-38(49(32)37)40-24-26-42(53(41)52(39)40)46(45)29-48(47)51(55(43)54)34-13-5-2-6-14-34/h1-29H. The number of rotatable bonds is 2. The normalized spacial score (nSPS) is 12.3. The van der Waals surface area contributed by atoms with Gasteiger partial charge in [0.25, 0.3) is 0 Å². The van der Waals surface area contributed by atoms with Crippen molar-refractivity contribution in [2.45, 2.75) is 0 Å². The van der Waals surface area contributed by atoms with Gasteiger partial charge in [0.15, 0.2) is 0 Å². The van der Waals surface area contributed by atoms with Gasteiger partial charge in [0, 0.05) is 0 Å². The quantitative estimate of drug-likeness (QED) is 0.130. The summed E-state index contributed by atoms with van der Waals surface area (Å²) in [4.78, 5) is 0. The SMILES string of the molecule is N#Cc1ccc2c(c1)c1ccccc1c1c(-c3ccccc3)c3cc4c(cc3c(-c3ccccc3)c21)-c1ccc2c3cccc5cccc(c6ccc-4c1c62)c53. The van der Waals surface area contributed by atoms with Crippen LogP contribution in [0.4, 0.5) is 0 Å². The first-order chi connectivity index (χ1) is 27.8. The van der Waals surface area contributed by atoms with E-state index in [1.807, 2.05) is 6.07 Å². The molecule has 0 spiro atoms. The van der Waals surface area contributed by atoms with E-state index in [-0.39, 0.29) is 0 Å². The predicted octanol–water partition coefficient (Wildman–Crippen LogP) is 15.2. The van der Waals surface area contributed by atoms with Gasteiger partial charge in [-0.15, -0.1) is 0 Å². The van der Waals surface area contributed by atoms with Crippen LogP contribution >= 0.6 is 0 Å². The highest BCUT2D eigenvalue weighted by Gasteiger charge is 2.29. The molecule has 0 radical (unpaired) electrons. The van der Waals surface area contributed by atoms with Crippen LogP contribution < -0.4 is 0 Å². The Morgan fingerprint density at radius 1 is 0.286 bits per heavy atom. The molecule has 1 aliphatic carbocycles. The fraction of sp³-hybridized carbons (Fsp3) is 0. The van der Waals surface area contributed by atoms with Crippen molar-refractivity contribution in [2.75, 3.05) is 0 Å². The van der Waals surface area contributed by atoms with Gasteiger partial charge in [-0.25, -0.2) is 0 Å². The Balaban J connectivity index is 1.27. The van der Waals surface area contributed by atoms with E-state index in [1.165, 1.54) is 115 Å². The topological polar surface area (TPSA) is 23.8 Å². The maximum atomic E-state index is 10.1. The van der Waals surface area contributed by atoms with Gasteiger partial charge in [-0.1, -0.05) is 152 Å². The monoisotopic (exact) mass is 703 g/mol.